The summed E-state index contributed by atoms with van der Waals surface area (Å²) in [6.07, 6.45) is 4.91. The van der Waals surface area contributed by atoms with Gasteiger partial charge in [-0.05, 0) is 26.2 Å². The van der Waals surface area contributed by atoms with Crippen molar-refractivity contribution in [2.45, 2.75) is 39.2 Å². The molecule has 1 aromatic rings. The van der Waals surface area contributed by atoms with E-state index in [1.165, 1.54) is 5.56 Å². The Morgan fingerprint density at radius 3 is 2.86 bits per heavy atom. The summed E-state index contributed by atoms with van der Waals surface area (Å²) in [6, 6.07) is 0.393. The number of ether oxygens (including phenoxy) is 2. The Labute approximate surface area is 133 Å². The minimum atomic E-state index is 0.393. The molecule has 0 spiro atoms. The van der Waals surface area contributed by atoms with Gasteiger partial charge in [-0.2, -0.15) is 5.10 Å². The number of nitrogens with zero attached hydrogens (tertiary/aromatic N) is 4. The number of amidine groups is 1. The Bertz CT molecular complexity index is 492. The van der Waals surface area contributed by atoms with Gasteiger partial charge in [-0.15, -0.1) is 0 Å². The van der Waals surface area contributed by atoms with Gasteiger partial charge in [-0.1, -0.05) is 6.92 Å². The first-order valence-corrected chi connectivity index (χ1v) is 8.06. The van der Waals surface area contributed by atoms with Crippen molar-refractivity contribution in [2.75, 3.05) is 40.5 Å². The van der Waals surface area contributed by atoms with Crippen LogP contribution in [0.15, 0.2) is 11.2 Å². The summed E-state index contributed by atoms with van der Waals surface area (Å²) in [7, 11) is 3.76. The number of aliphatic imine (C=N–C) groups is 1. The zero-order valence-electron chi connectivity index (χ0n) is 14.2. The Hall–Kier alpha value is -1.40. The van der Waals surface area contributed by atoms with Crippen LogP contribution in [-0.4, -0.2) is 61.0 Å². The maximum atomic E-state index is 5.46. The Morgan fingerprint density at radius 2 is 2.23 bits per heavy atom. The Kier molecular flexibility index (Phi) is 6.39. The van der Waals surface area contributed by atoms with Gasteiger partial charge in [-0.25, -0.2) is 9.67 Å². The maximum absolute atomic E-state index is 5.46. The molecule has 1 aromatic heterocycles. The number of aromatic nitrogens is 2. The first kappa shape index (κ1) is 17.0. The van der Waals surface area contributed by atoms with Crippen LogP contribution in [0.1, 0.15) is 38.3 Å². The predicted molar refractivity (Wildman–Crippen MR) is 88.0 cm³/mol. The summed E-state index contributed by atoms with van der Waals surface area (Å²) in [4.78, 5) is 6.98. The van der Waals surface area contributed by atoms with Crippen LogP contribution in [-0.2, 0) is 15.9 Å². The van der Waals surface area contributed by atoms with E-state index in [1.54, 1.807) is 7.11 Å². The van der Waals surface area contributed by atoms with Gasteiger partial charge in [0, 0.05) is 39.5 Å². The van der Waals surface area contributed by atoms with Gasteiger partial charge in [0.05, 0.1) is 18.8 Å². The third kappa shape index (κ3) is 4.08. The molecule has 22 heavy (non-hydrogen) atoms. The van der Waals surface area contributed by atoms with Gasteiger partial charge in [0.2, 0.25) is 0 Å². The lowest BCUT2D eigenvalue weighted by Gasteiger charge is -2.24. The second kappa shape index (κ2) is 8.29. The van der Waals surface area contributed by atoms with Gasteiger partial charge >= 0.3 is 0 Å². The van der Waals surface area contributed by atoms with E-state index in [4.69, 9.17) is 14.5 Å². The number of hydrogen-bond donors (Lipinski definition) is 0. The number of likely N-dealkylation sites (N-methyl/N-ethyl adjacent to an activating group) is 1. The fourth-order valence-corrected chi connectivity index (χ4v) is 2.59. The second-order valence-electron chi connectivity index (χ2n) is 5.71. The first-order chi connectivity index (χ1) is 10.7. The van der Waals surface area contributed by atoms with Crippen molar-refractivity contribution in [3.05, 3.63) is 11.8 Å². The average Bonchev–Trinajstić information content (AvgIpc) is 2.95. The van der Waals surface area contributed by atoms with Crippen LogP contribution in [0, 0.1) is 0 Å². The van der Waals surface area contributed by atoms with E-state index in [0.717, 1.165) is 50.7 Å². The zero-order valence-corrected chi connectivity index (χ0v) is 14.2. The molecular formula is C16H28N4O2. The quantitative estimate of drug-likeness (QED) is 0.598. The Morgan fingerprint density at radius 1 is 1.50 bits per heavy atom. The predicted octanol–water partition coefficient (Wildman–Crippen LogP) is 2.43. The van der Waals surface area contributed by atoms with E-state index in [-0.39, 0.29) is 0 Å². The molecule has 0 aromatic carbocycles. The highest BCUT2D eigenvalue weighted by Gasteiger charge is 2.21. The Balaban J connectivity index is 2.22. The van der Waals surface area contributed by atoms with Crippen molar-refractivity contribution in [3.63, 3.8) is 0 Å². The largest absolute Gasteiger partial charge is 0.383 e. The molecular weight excluding hydrogens is 280 g/mol. The minimum Gasteiger partial charge on any atom is -0.383 e. The van der Waals surface area contributed by atoms with Crippen molar-refractivity contribution < 1.29 is 9.47 Å². The molecule has 2 rings (SSSR count). The van der Waals surface area contributed by atoms with Crippen molar-refractivity contribution >= 4 is 11.7 Å². The highest BCUT2D eigenvalue weighted by atomic mass is 16.5. The topological polar surface area (TPSA) is 51.9 Å². The number of rotatable bonds is 6. The van der Waals surface area contributed by atoms with Gasteiger partial charge < -0.3 is 14.4 Å². The van der Waals surface area contributed by atoms with Crippen molar-refractivity contribution in [1.29, 1.82) is 0 Å². The van der Waals surface area contributed by atoms with Crippen LogP contribution >= 0.6 is 0 Å². The van der Waals surface area contributed by atoms with E-state index >= 15 is 0 Å². The molecule has 0 atom stereocenters. The maximum Gasteiger partial charge on any atom is 0.155 e. The molecule has 0 radical (unpaired) electrons. The molecule has 0 aliphatic carbocycles. The van der Waals surface area contributed by atoms with Crippen LogP contribution in [0.25, 0.3) is 0 Å². The van der Waals surface area contributed by atoms with Gasteiger partial charge in [-0.3, -0.25) is 0 Å². The van der Waals surface area contributed by atoms with E-state index in [9.17, 15) is 0 Å². The molecule has 2 heterocycles. The lowest BCUT2D eigenvalue weighted by molar-refractivity contribution is 0.0667. The normalized spacial score (nSPS) is 17.0. The number of hydrogen-bond acceptors (Lipinski definition) is 4. The molecule has 124 valence electrons. The molecule has 1 aliphatic rings. The summed E-state index contributed by atoms with van der Waals surface area (Å²) in [6.45, 7) is 7.33. The third-order valence-corrected chi connectivity index (χ3v) is 4.21. The van der Waals surface area contributed by atoms with Crippen molar-refractivity contribution in [1.82, 2.24) is 14.7 Å². The standard InChI is InChI=1S/C16H28N4O2/c1-5-14-12-17-20(15-6-9-22-10-7-15)16(14)18-13(2)19(3)8-11-21-4/h12,15H,5-11H2,1-4H3. The van der Waals surface area contributed by atoms with Crippen LogP contribution in [0.2, 0.25) is 0 Å². The minimum absolute atomic E-state index is 0.393. The summed E-state index contributed by atoms with van der Waals surface area (Å²) >= 11 is 0. The molecule has 1 fully saturated rings. The fraction of sp³-hybridized carbons (Fsp3) is 0.750. The van der Waals surface area contributed by atoms with Crippen molar-refractivity contribution in [3.8, 4) is 0 Å². The van der Waals surface area contributed by atoms with Crippen LogP contribution < -0.4 is 0 Å². The van der Waals surface area contributed by atoms with Gasteiger partial charge in [0.1, 0.15) is 5.84 Å². The van der Waals surface area contributed by atoms with E-state index in [1.807, 2.05) is 20.2 Å². The second-order valence-corrected chi connectivity index (χ2v) is 5.71. The number of methoxy groups -OCH3 is 1. The SMILES string of the molecule is CCc1cnn(C2CCOCC2)c1N=C(C)N(C)CCOC. The first-order valence-electron chi connectivity index (χ1n) is 8.06. The molecule has 1 saturated heterocycles. The fourth-order valence-electron chi connectivity index (χ4n) is 2.59. The lowest BCUT2D eigenvalue weighted by atomic mass is 10.1. The summed E-state index contributed by atoms with van der Waals surface area (Å²) in [5, 5.41) is 4.60. The monoisotopic (exact) mass is 308 g/mol. The smallest absolute Gasteiger partial charge is 0.155 e. The lowest BCUT2D eigenvalue weighted by Crippen LogP contribution is -2.28. The zero-order chi connectivity index (χ0) is 15.9. The molecule has 0 unspecified atom stereocenters. The van der Waals surface area contributed by atoms with Gasteiger partial charge in [0.25, 0.3) is 0 Å². The van der Waals surface area contributed by atoms with E-state index in [2.05, 4.69) is 21.6 Å². The molecule has 6 nitrogen and oxygen atoms in total. The summed E-state index contributed by atoms with van der Waals surface area (Å²) in [5.41, 5.74) is 1.20. The third-order valence-electron chi connectivity index (χ3n) is 4.21. The average molecular weight is 308 g/mol. The highest BCUT2D eigenvalue weighted by molar-refractivity contribution is 5.82. The van der Waals surface area contributed by atoms with E-state index in [0.29, 0.717) is 12.6 Å². The molecule has 1 aliphatic heterocycles. The van der Waals surface area contributed by atoms with Crippen LogP contribution in [0.5, 0.6) is 0 Å². The van der Waals surface area contributed by atoms with Crippen molar-refractivity contribution in [2.24, 2.45) is 4.99 Å². The molecule has 0 amide bonds. The van der Waals surface area contributed by atoms with E-state index < -0.39 is 0 Å². The molecule has 6 heteroatoms. The van der Waals surface area contributed by atoms with Crippen LogP contribution in [0.4, 0.5) is 5.82 Å². The molecule has 0 N–H and O–H groups in total. The molecule has 0 saturated carbocycles. The highest BCUT2D eigenvalue weighted by Crippen LogP contribution is 2.29. The summed E-state index contributed by atoms with van der Waals surface area (Å²) in [5.74, 6) is 1.98. The summed E-state index contributed by atoms with van der Waals surface area (Å²) < 4.78 is 12.7. The number of aryl methyl sites for hydroxylation is 1. The van der Waals surface area contributed by atoms with Crippen LogP contribution in [0.3, 0.4) is 0 Å². The molecule has 0 bridgehead atoms. The van der Waals surface area contributed by atoms with Gasteiger partial charge in [0.15, 0.2) is 5.82 Å².